The molecule has 1 aliphatic carbocycles. The molecule has 0 spiro atoms. The number of nitrogens with one attached hydrogen (secondary N) is 1. The third-order valence-electron chi connectivity index (χ3n) is 4.23. The molecule has 2 aromatic rings. The zero-order chi connectivity index (χ0) is 12.7. The molecule has 96 valence electrons. The van der Waals surface area contributed by atoms with Crippen molar-refractivity contribution in [3.63, 3.8) is 0 Å². The highest BCUT2D eigenvalue weighted by atomic mass is 16.5. The molecule has 0 aliphatic heterocycles. The van der Waals surface area contributed by atoms with Crippen LogP contribution in [0.4, 0.5) is 0 Å². The highest BCUT2D eigenvalue weighted by Gasteiger charge is 2.23. The van der Waals surface area contributed by atoms with Crippen molar-refractivity contribution in [2.75, 3.05) is 14.2 Å². The summed E-state index contributed by atoms with van der Waals surface area (Å²) in [5, 5.41) is 4.79. The maximum absolute atomic E-state index is 5.33. The van der Waals surface area contributed by atoms with Crippen LogP contribution in [-0.2, 0) is 19.9 Å². The van der Waals surface area contributed by atoms with Gasteiger partial charge in [-0.15, -0.1) is 0 Å². The number of likely N-dealkylation sites (N-methyl/N-ethyl adjacent to an activating group) is 1. The second-order valence-corrected chi connectivity index (χ2v) is 5.10. The van der Waals surface area contributed by atoms with Crippen LogP contribution in [0.5, 0.6) is 5.75 Å². The molecule has 18 heavy (non-hydrogen) atoms. The van der Waals surface area contributed by atoms with Gasteiger partial charge in [0.1, 0.15) is 5.75 Å². The van der Waals surface area contributed by atoms with Crippen molar-refractivity contribution in [1.29, 1.82) is 0 Å². The topological polar surface area (TPSA) is 26.2 Å². The van der Waals surface area contributed by atoms with Crippen LogP contribution in [-0.4, -0.2) is 24.8 Å². The van der Waals surface area contributed by atoms with Gasteiger partial charge in [0.05, 0.1) is 12.6 Å². The number of rotatable bonds is 2. The average molecular weight is 244 g/mol. The molecule has 0 amide bonds. The minimum atomic E-state index is 0.616. The Morgan fingerprint density at radius 2 is 2.22 bits per heavy atom. The Labute approximate surface area is 108 Å². The normalized spacial score (nSPS) is 18.9. The number of ether oxygens (including phenoxy) is 1. The average Bonchev–Trinajstić information content (AvgIpc) is 2.71. The number of nitrogens with zero attached hydrogens (tertiary/aromatic N) is 1. The van der Waals surface area contributed by atoms with Gasteiger partial charge in [-0.1, -0.05) is 0 Å². The van der Waals surface area contributed by atoms with Crippen LogP contribution in [0.1, 0.15) is 17.7 Å². The van der Waals surface area contributed by atoms with Crippen molar-refractivity contribution in [2.45, 2.75) is 25.3 Å². The first-order valence-corrected chi connectivity index (χ1v) is 6.56. The summed E-state index contributed by atoms with van der Waals surface area (Å²) in [6.07, 6.45) is 3.52. The largest absolute Gasteiger partial charge is 0.497 e. The predicted octanol–water partition coefficient (Wildman–Crippen LogP) is 2.26. The van der Waals surface area contributed by atoms with E-state index in [4.69, 9.17) is 4.74 Å². The van der Waals surface area contributed by atoms with Crippen LogP contribution >= 0.6 is 0 Å². The van der Waals surface area contributed by atoms with Gasteiger partial charge < -0.3 is 14.6 Å². The number of fused-ring (bicyclic) bond motifs is 3. The second-order valence-electron chi connectivity index (χ2n) is 5.10. The monoisotopic (exact) mass is 244 g/mol. The van der Waals surface area contributed by atoms with Crippen LogP contribution in [0.3, 0.4) is 0 Å². The highest BCUT2D eigenvalue weighted by molar-refractivity contribution is 5.87. The van der Waals surface area contributed by atoms with Crippen LogP contribution in [0, 0.1) is 0 Å². The van der Waals surface area contributed by atoms with E-state index in [1.54, 1.807) is 7.11 Å². The molecule has 3 nitrogen and oxygen atoms in total. The Bertz CT molecular complexity index is 586. The lowest BCUT2D eigenvalue weighted by Gasteiger charge is -2.22. The SMILES string of the molecule is CNC1CCc2c(c3ccc(OC)cc3n2C)C1. The van der Waals surface area contributed by atoms with Gasteiger partial charge in [-0.2, -0.15) is 0 Å². The fraction of sp³-hybridized carbons (Fsp3) is 0.467. The quantitative estimate of drug-likeness (QED) is 0.877. The van der Waals surface area contributed by atoms with Gasteiger partial charge in [-0.25, -0.2) is 0 Å². The molecule has 1 N–H and O–H groups in total. The van der Waals surface area contributed by atoms with E-state index in [-0.39, 0.29) is 0 Å². The first kappa shape index (κ1) is 11.6. The Morgan fingerprint density at radius 3 is 2.94 bits per heavy atom. The predicted molar refractivity (Wildman–Crippen MR) is 74.3 cm³/mol. The molecule has 1 unspecified atom stereocenters. The molecular weight excluding hydrogens is 224 g/mol. The van der Waals surface area contributed by atoms with E-state index in [1.165, 1.54) is 28.6 Å². The maximum Gasteiger partial charge on any atom is 0.120 e. The zero-order valence-electron chi connectivity index (χ0n) is 11.3. The molecule has 1 aromatic carbocycles. The standard InChI is InChI=1S/C15H20N2O/c1-16-10-4-7-14-13(8-10)12-6-5-11(18-3)9-15(12)17(14)2/h5-6,9-10,16H,4,7-8H2,1-3H3. The Morgan fingerprint density at radius 1 is 1.39 bits per heavy atom. The minimum Gasteiger partial charge on any atom is -0.497 e. The molecule has 0 saturated heterocycles. The molecule has 1 heterocycles. The molecular formula is C15H20N2O. The van der Waals surface area contributed by atoms with Gasteiger partial charge in [-0.3, -0.25) is 0 Å². The number of hydrogen-bond acceptors (Lipinski definition) is 2. The number of benzene rings is 1. The van der Waals surface area contributed by atoms with E-state index >= 15 is 0 Å². The minimum absolute atomic E-state index is 0.616. The lowest BCUT2D eigenvalue weighted by molar-refractivity contribution is 0.415. The number of hydrogen-bond donors (Lipinski definition) is 1. The molecule has 1 atom stereocenters. The number of aryl methyl sites for hydroxylation is 1. The van der Waals surface area contributed by atoms with Crippen LogP contribution in [0.15, 0.2) is 18.2 Å². The molecule has 0 radical (unpaired) electrons. The molecule has 1 aromatic heterocycles. The van der Waals surface area contributed by atoms with E-state index in [1.807, 2.05) is 0 Å². The summed E-state index contributed by atoms with van der Waals surface area (Å²) in [6.45, 7) is 0. The van der Waals surface area contributed by atoms with Crippen LogP contribution < -0.4 is 10.1 Å². The van der Waals surface area contributed by atoms with Gasteiger partial charge in [0, 0.05) is 30.2 Å². The number of methoxy groups -OCH3 is 1. The summed E-state index contributed by atoms with van der Waals surface area (Å²) in [6, 6.07) is 7.02. The summed E-state index contributed by atoms with van der Waals surface area (Å²) in [5.74, 6) is 0.936. The first-order valence-electron chi connectivity index (χ1n) is 6.56. The van der Waals surface area contributed by atoms with Crippen LogP contribution in [0.2, 0.25) is 0 Å². The summed E-state index contributed by atoms with van der Waals surface area (Å²) < 4.78 is 7.66. The van der Waals surface area contributed by atoms with E-state index in [0.717, 1.165) is 18.6 Å². The molecule has 0 saturated carbocycles. The van der Waals surface area contributed by atoms with Gasteiger partial charge in [0.15, 0.2) is 0 Å². The summed E-state index contributed by atoms with van der Waals surface area (Å²) in [5.41, 5.74) is 4.29. The zero-order valence-corrected chi connectivity index (χ0v) is 11.3. The van der Waals surface area contributed by atoms with Crippen molar-refractivity contribution in [3.8, 4) is 5.75 Å². The molecule has 3 heteroatoms. The van der Waals surface area contributed by atoms with Gasteiger partial charge >= 0.3 is 0 Å². The smallest absolute Gasteiger partial charge is 0.120 e. The van der Waals surface area contributed by atoms with Gasteiger partial charge in [0.2, 0.25) is 0 Å². The summed E-state index contributed by atoms with van der Waals surface area (Å²) in [4.78, 5) is 0. The third kappa shape index (κ3) is 1.62. The van der Waals surface area contributed by atoms with Crippen molar-refractivity contribution in [2.24, 2.45) is 7.05 Å². The lowest BCUT2D eigenvalue weighted by Crippen LogP contribution is -2.31. The first-order chi connectivity index (χ1) is 8.74. The molecule has 1 aliphatic rings. The maximum atomic E-state index is 5.33. The fourth-order valence-corrected chi connectivity index (χ4v) is 3.13. The molecule has 0 fully saturated rings. The molecule has 0 bridgehead atoms. The summed E-state index contributed by atoms with van der Waals surface area (Å²) >= 11 is 0. The van der Waals surface area contributed by atoms with E-state index in [9.17, 15) is 0 Å². The Kier molecular flexibility index (Phi) is 2.78. The van der Waals surface area contributed by atoms with E-state index in [0.29, 0.717) is 6.04 Å². The van der Waals surface area contributed by atoms with E-state index in [2.05, 4.69) is 42.2 Å². The van der Waals surface area contributed by atoms with Crippen molar-refractivity contribution >= 4 is 10.9 Å². The van der Waals surface area contributed by atoms with Gasteiger partial charge in [0.25, 0.3) is 0 Å². The second kappa shape index (κ2) is 4.32. The van der Waals surface area contributed by atoms with Crippen molar-refractivity contribution in [3.05, 3.63) is 29.5 Å². The third-order valence-corrected chi connectivity index (χ3v) is 4.23. The lowest BCUT2D eigenvalue weighted by atomic mass is 9.91. The Balaban J connectivity index is 2.18. The molecule has 3 rings (SSSR count). The van der Waals surface area contributed by atoms with Crippen LogP contribution in [0.25, 0.3) is 10.9 Å². The number of aromatic nitrogens is 1. The van der Waals surface area contributed by atoms with Crippen molar-refractivity contribution < 1.29 is 4.74 Å². The summed E-state index contributed by atoms with van der Waals surface area (Å²) in [7, 11) is 5.95. The Hall–Kier alpha value is -1.48. The van der Waals surface area contributed by atoms with Gasteiger partial charge in [-0.05, 0) is 44.0 Å². The highest BCUT2D eigenvalue weighted by Crippen LogP contribution is 2.33. The van der Waals surface area contributed by atoms with Crippen molar-refractivity contribution in [1.82, 2.24) is 9.88 Å². The van der Waals surface area contributed by atoms with E-state index < -0.39 is 0 Å². The fourth-order valence-electron chi connectivity index (χ4n) is 3.13.